The summed E-state index contributed by atoms with van der Waals surface area (Å²) < 4.78 is 33.1. The predicted molar refractivity (Wildman–Crippen MR) is 108 cm³/mol. The first-order chi connectivity index (χ1) is 13.9. The van der Waals surface area contributed by atoms with Crippen LogP contribution in [0.15, 0.2) is 41.3 Å². The van der Waals surface area contributed by atoms with Gasteiger partial charge in [0.1, 0.15) is 5.75 Å². The molecule has 0 radical (unpaired) electrons. The van der Waals surface area contributed by atoms with Crippen molar-refractivity contribution < 1.29 is 18.1 Å². The topological polar surface area (TPSA) is 93.0 Å². The van der Waals surface area contributed by atoms with Crippen LogP contribution in [0.4, 0.5) is 5.69 Å². The second kappa shape index (κ2) is 7.74. The van der Waals surface area contributed by atoms with Gasteiger partial charge in [-0.1, -0.05) is 18.2 Å². The maximum Gasteiger partial charge on any atom is 0.273 e. The molecule has 1 saturated heterocycles. The Labute approximate surface area is 169 Å². The van der Waals surface area contributed by atoms with Crippen LogP contribution in [0.25, 0.3) is 0 Å². The first-order valence-corrected chi connectivity index (χ1v) is 11.0. The van der Waals surface area contributed by atoms with Crippen LogP contribution in [0.2, 0.25) is 0 Å². The van der Waals surface area contributed by atoms with Crippen molar-refractivity contribution >= 4 is 15.7 Å². The molecule has 0 unspecified atom stereocenters. The number of rotatable bonds is 5. The van der Waals surface area contributed by atoms with Gasteiger partial charge in [0.25, 0.3) is 5.69 Å². The van der Waals surface area contributed by atoms with E-state index in [1.165, 1.54) is 40.6 Å². The first kappa shape index (κ1) is 19.8. The lowest BCUT2D eigenvalue weighted by atomic mass is 10.1. The van der Waals surface area contributed by atoms with E-state index < -0.39 is 14.9 Å². The zero-order valence-corrected chi connectivity index (χ0v) is 17.0. The molecule has 1 fully saturated rings. The predicted octanol–water partition coefficient (Wildman–Crippen LogP) is 2.34. The van der Waals surface area contributed by atoms with Crippen LogP contribution >= 0.6 is 0 Å². The zero-order valence-electron chi connectivity index (χ0n) is 16.2. The Morgan fingerprint density at radius 3 is 2.62 bits per heavy atom. The highest BCUT2D eigenvalue weighted by Crippen LogP contribution is 2.29. The van der Waals surface area contributed by atoms with E-state index in [-0.39, 0.29) is 16.1 Å². The highest BCUT2D eigenvalue weighted by Gasteiger charge is 2.31. The fraction of sp³-hybridized carbons (Fsp3) is 0.400. The van der Waals surface area contributed by atoms with Crippen LogP contribution in [0.5, 0.6) is 5.75 Å². The molecule has 2 aliphatic heterocycles. The number of hydrogen-bond donors (Lipinski definition) is 0. The Morgan fingerprint density at radius 1 is 1.14 bits per heavy atom. The van der Waals surface area contributed by atoms with Crippen LogP contribution in [-0.2, 0) is 23.0 Å². The lowest BCUT2D eigenvalue weighted by Crippen LogP contribution is -2.48. The fourth-order valence-electron chi connectivity index (χ4n) is 3.94. The van der Waals surface area contributed by atoms with E-state index in [0.717, 1.165) is 25.3 Å². The number of nitro benzene ring substituents is 1. The minimum Gasteiger partial charge on any atom is -0.493 e. The number of hydrogen-bond acceptors (Lipinski definition) is 6. The number of sulfonamides is 1. The van der Waals surface area contributed by atoms with Crippen molar-refractivity contribution in [1.82, 2.24) is 9.21 Å². The molecule has 0 aromatic heterocycles. The van der Waals surface area contributed by atoms with Crippen LogP contribution in [0.3, 0.4) is 0 Å². The van der Waals surface area contributed by atoms with E-state index in [1.807, 2.05) is 6.07 Å². The van der Waals surface area contributed by atoms with E-state index in [2.05, 4.69) is 17.0 Å². The third kappa shape index (κ3) is 3.85. The number of nitrogens with zero attached hydrogens (tertiary/aromatic N) is 3. The van der Waals surface area contributed by atoms with Gasteiger partial charge in [-0.15, -0.1) is 0 Å². The SMILES string of the molecule is Cc1c([N+](=O)[O-])cccc1S(=O)(=O)N1CCN(Cc2ccc3c(c2)CCO3)CC1. The molecule has 0 N–H and O–H groups in total. The molecule has 2 aromatic carbocycles. The summed E-state index contributed by atoms with van der Waals surface area (Å²) in [6, 6.07) is 10.4. The monoisotopic (exact) mass is 417 g/mol. The molecule has 0 spiro atoms. The van der Waals surface area contributed by atoms with Gasteiger partial charge in [-0.2, -0.15) is 4.31 Å². The Bertz CT molecular complexity index is 1050. The number of piperazine rings is 1. The van der Waals surface area contributed by atoms with Gasteiger partial charge in [-0.05, 0) is 30.2 Å². The van der Waals surface area contributed by atoms with Crippen molar-refractivity contribution in [3.63, 3.8) is 0 Å². The second-order valence-corrected chi connectivity index (χ2v) is 9.28. The van der Waals surface area contributed by atoms with E-state index in [9.17, 15) is 18.5 Å². The Morgan fingerprint density at radius 2 is 1.90 bits per heavy atom. The maximum absolute atomic E-state index is 13.0. The summed E-state index contributed by atoms with van der Waals surface area (Å²) >= 11 is 0. The van der Waals surface area contributed by atoms with Crippen molar-refractivity contribution in [3.8, 4) is 5.75 Å². The third-order valence-corrected chi connectivity index (χ3v) is 7.60. The molecular formula is C20H23N3O5S. The first-order valence-electron chi connectivity index (χ1n) is 9.57. The molecule has 0 atom stereocenters. The summed E-state index contributed by atoms with van der Waals surface area (Å²) in [7, 11) is -3.77. The van der Waals surface area contributed by atoms with Gasteiger partial charge in [0.2, 0.25) is 10.0 Å². The average molecular weight is 417 g/mol. The van der Waals surface area contributed by atoms with Crippen LogP contribution in [0.1, 0.15) is 16.7 Å². The minimum absolute atomic E-state index is 0.0128. The van der Waals surface area contributed by atoms with Gasteiger partial charge in [0, 0.05) is 50.8 Å². The van der Waals surface area contributed by atoms with Gasteiger partial charge >= 0.3 is 0 Å². The molecule has 154 valence electrons. The van der Waals surface area contributed by atoms with Crippen molar-refractivity contribution in [2.45, 2.75) is 24.8 Å². The summed E-state index contributed by atoms with van der Waals surface area (Å²) in [5.41, 5.74) is 2.43. The van der Waals surface area contributed by atoms with Gasteiger partial charge < -0.3 is 4.74 Å². The van der Waals surface area contributed by atoms with Gasteiger partial charge in [-0.3, -0.25) is 15.0 Å². The summed E-state index contributed by atoms with van der Waals surface area (Å²) in [5, 5.41) is 11.1. The van der Waals surface area contributed by atoms with Gasteiger partial charge in [0.15, 0.2) is 0 Å². The summed E-state index contributed by atoms with van der Waals surface area (Å²) in [6.07, 6.45) is 0.928. The maximum atomic E-state index is 13.0. The van der Waals surface area contributed by atoms with E-state index >= 15 is 0 Å². The highest BCUT2D eigenvalue weighted by molar-refractivity contribution is 7.89. The molecule has 0 aliphatic carbocycles. The third-order valence-electron chi connectivity index (χ3n) is 5.56. The van der Waals surface area contributed by atoms with Crippen LogP contribution in [0, 0.1) is 17.0 Å². The van der Waals surface area contributed by atoms with Gasteiger partial charge in [-0.25, -0.2) is 8.42 Å². The molecule has 0 bridgehead atoms. The Hall–Kier alpha value is -2.49. The molecular weight excluding hydrogens is 394 g/mol. The van der Waals surface area contributed by atoms with Crippen molar-refractivity contribution in [2.24, 2.45) is 0 Å². The molecule has 0 saturated carbocycles. The summed E-state index contributed by atoms with van der Waals surface area (Å²) in [5.74, 6) is 0.956. The molecule has 2 aromatic rings. The number of ether oxygens (including phenoxy) is 1. The number of benzene rings is 2. The Kier molecular flexibility index (Phi) is 5.28. The fourth-order valence-corrected chi connectivity index (χ4v) is 5.61. The lowest BCUT2D eigenvalue weighted by molar-refractivity contribution is -0.385. The normalized spacial score (nSPS) is 17.7. The standard InChI is InChI=1S/C20H23N3O5S/c1-15-18(23(24)25)3-2-4-20(15)29(26,27)22-10-8-21(9-11-22)14-16-5-6-19-17(13-16)7-12-28-19/h2-6,13H,7-12,14H2,1H3. The largest absolute Gasteiger partial charge is 0.493 e. The highest BCUT2D eigenvalue weighted by atomic mass is 32.2. The zero-order chi connectivity index (χ0) is 20.6. The van der Waals surface area contributed by atoms with Gasteiger partial charge in [0.05, 0.1) is 16.4 Å². The van der Waals surface area contributed by atoms with E-state index in [4.69, 9.17) is 4.74 Å². The smallest absolute Gasteiger partial charge is 0.273 e. The minimum atomic E-state index is -3.77. The van der Waals surface area contributed by atoms with E-state index in [1.54, 1.807) is 0 Å². The molecule has 4 rings (SSSR count). The molecule has 2 heterocycles. The molecule has 8 nitrogen and oxygen atoms in total. The average Bonchev–Trinajstić information content (AvgIpc) is 3.16. The molecule has 9 heteroatoms. The summed E-state index contributed by atoms with van der Waals surface area (Å²) in [6.45, 7) is 4.92. The number of fused-ring (bicyclic) bond motifs is 1. The van der Waals surface area contributed by atoms with E-state index in [0.29, 0.717) is 26.2 Å². The second-order valence-electron chi connectivity index (χ2n) is 7.38. The van der Waals surface area contributed by atoms with Crippen molar-refractivity contribution in [1.29, 1.82) is 0 Å². The van der Waals surface area contributed by atoms with Crippen LogP contribution in [-0.4, -0.2) is 55.3 Å². The number of nitro groups is 1. The molecule has 29 heavy (non-hydrogen) atoms. The molecule has 0 amide bonds. The van der Waals surface area contributed by atoms with Crippen LogP contribution < -0.4 is 4.74 Å². The quantitative estimate of drug-likeness (QED) is 0.548. The molecule has 2 aliphatic rings. The van der Waals surface area contributed by atoms with Crippen molar-refractivity contribution in [3.05, 3.63) is 63.2 Å². The van der Waals surface area contributed by atoms with Crippen molar-refractivity contribution in [2.75, 3.05) is 32.8 Å². The lowest BCUT2D eigenvalue weighted by Gasteiger charge is -2.34. The Balaban J connectivity index is 1.44. The summed E-state index contributed by atoms with van der Waals surface area (Å²) in [4.78, 5) is 12.8.